The summed E-state index contributed by atoms with van der Waals surface area (Å²) in [5.74, 6) is -2.29. The van der Waals surface area contributed by atoms with E-state index >= 15 is 0 Å². The zero-order valence-electron chi connectivity index (χ0n) is 18.4. The van der Waals surface area contributed by atoms with Crippen molar-refractivity contribution in [3.63, 3.8) is 0 Å². The first-order valence-electron chi connectivity index (χ1n) is 10.3. The molecule has 0 atom stereocenters. The smallest absolute Gasteiger partial charge is 0.261 e. The molecule has 0 aromatic heterocycles. The minimum absolute atomic E-state index is 0.103. The molecule has 4 aromatic carbocycles. The van der Waals surface area contributed by atoms with Crippen molar-refractivity contribution in [2.24, 2.45) is 0 Å². The molecule has 0 fully saturated rings. The van der Waals surface area contributed by atoms with E-state index in [-0.39, 0.29) is 25.6 Å². The minimum Gasteiger partial charge on any atom is -0.456 e. The molecule has 190 valence electrons. The molecule has 37 heavy (non-hydrogen) atoms. The molecule has 0 spiro atoms. The molecular formula is C25H15BrCl2F2N2O4S. The summed E-state index contributed by atoms with van der Waals surface area (Å²) in [6.45, 7) is 0. The number of carbonyl (C=O) groups is 1. The largest absolute Gasteiger partial charge is 0.456 e. The molecule has 0 aliphatic heterocycles. The van der Waals surface area contributed by atoms with Crippen LogP contribution < -0.4 is 14.8 Å². The highest BCUT2D eigenvalue weighted by Gasteiger charge is 2.22. The number of para-hydroxylation sites is 1. The van der Waals surface area contributed by atoms with E-state index in [1.807, 2.05) is 0 Å². The zero-order chi connectivity index (χ0) is 26.7. The maximum Gasteiger partial charge on any atom is 0.261 e. The van der Waals surface area contributed by atoms with Gasteiger partial charge in [-0.1, -0.05) is 51.3 Å². The number of carbonyl (C=O) groups excluding carboxylic acids is 1. The Morgan fingerprint density at radius 1 is 0.892 bits per heavy atom. The lowest BCUT2D eigenvalue weighted by Crippen LogP contribution is -2.19. The average Bonchev–Trinajstić information content (AvgIpc) is 2.84. The molecule has 0 unspecified atom stereocenters. The lowest BCUT2D eigenvalue weighted by molar-refractivity contribution is 0.102. The molecule has 0 aliphatic carbocycles. The molecule has 2 N–H and O–H groups in total. The maximum atomic E-state index is 14.2. The standard InChI is InChI=1S/C25H15BrCl2F2N2O4S/c26-14-11-20(29)24(21(30)12-14)31-25(33)18-13-15(27)5-10-22(18)32-37(34,35)17-8-6-16(7-9-17)36-23-4-2-1-3-19(23)28/h1-13,32H,(H,31,33). The molecule has 0 saturated heterocycles. The first-order valence-corrected chi connectivity index (χ1v) is 13.4. The Labute approximate surface area is 229 Å². The predicted molar refractivity (Wildman–Crippen MR) is 142 cm³/mol. The number of sulfonamides is 1. The highest BCUT2D eigenvalue weighted by molar-refractivity contribution is 9.10. The van der Waals surface area contributed by atoms with Crippen molar-refractivity contribution in [1.29, 1.82) is 0 Å². The highest BCUT2D eigenvalue weighted by Crippen LogP contribution is 2.31. The quantitative estimate of drug-likeness (QED) is 0.218. The van der Waals surface area contributed by atoms with Crippen molar-refractivity contribution < 1.29 is 26.7 Å². The summed E-state index contributed by atoms with van der Waals surface area (Å²) in [5, 5.41) is 2.61. The van der Waals surface area contributed by atoms with E-state index in [1.54, 1.807) is 24.3 Å². The number of halogens is 5. The predicted octanol–water partition coefficient (Wildman–Crippen LogP) is 7.88. The second kappa shape index (κ2) is 11.1. The van der Waals surface area contributed by atoms with Crippen LogP contribution in [0.3, 0.4) is 0 Å². The number of hydrogen-bond donors (Lipinski definition) is 2. The third kappa shape index (κ3) is 6.40. The van der Waals surface area contributed by atoms with E-state index in [2.05, 4.69) is 26.0 Å². The minimum atomic E-state index is -4.18. The molecule has 0 aliphatic rings. The van der Waals surface area contributed by atoms with Gasteiger partial charge in [0.25, 0.3) is 15.9 Å². The Bertz CT molecular complexity index is 1580. The van der Waals surface area contributed by atoms with E-state index in [4.69, 9.17) is 27.9 Å². The van der Waals surface area contributed by atoms with Gasteiger partial charge in [-0.2, -0.15) is 0 Å². The van der Waals surface area contributed by atoms with Crippen LogP contribution in [0.1, 0.15) is 10.4 Å². The van der Waals surface area contributed by atoms with Gasteiger partial charge in [0.05, 0.1) is 21.2 Å². The van der Waals surface area contributed by atoms with Crippen LogP contribution in [0.15, 0.2) is 88.2 Å². The van der Waals surface area contributed by atoms with Crippen molar-refractivity contribution >= 4 is 66.4 Å². The zero-order valence-corrected chi connectivity index (χ0v) is 22.4. The molecule has 6 nitrogen and oxygen atoms in total. The molecular weight excluding hydrogens is 613 g/mol. The second-order valence-electron chi connectivity index (χ2n) is 7.50. The lowest BCUT2D eigenvalue weighted by atomic mass is 10.1. The van der Waals surface area contributed by atoms with E-state index < -0.39 is 33.3 Å². The fraction of sp³-hybridized carbons (Fsp3) is 0. The van der Waals surface area contributed by atoms with Crippen LogP contribution in [0, 0.1) is 11.6 Å². The van der Waals surface area contributed by atoms with Crippen LogP contribution in [-0.2, 0) is 10.0 Å². The molecule has 0 saturated carbocycles. The Kier molecular flexibility index (Phi) is 8.03. The summed E-state index contributed by atoms with van der Waals surface area (Å²) in [4.78, 5) is 12.7. The Morgan fingerprint density at radius 2 is 1.54 bits per heavy atom. The number of benzene rings is 4. The summed E-state index contributed by atoms with van der Waals surface area (Å²) in [6, 6.07) is 18.0. The van der Waals surface area contributed by atoms with Gasteiger partial charge < -0.3 is 10.1 Å². The van der Waals surface area contributed by atoms with Crippen molar-refractivity contribution in [2.75, 3.05) is 10.0 Å². The molecule has 0 radical (unpaired) electrons. The van der Waals surface area contributed by atoms with Crippen LogP contribution in [0.4, 0.5) is 20.2 Å². The third-order valence-electron chi connectivity index (χ3n) is 4.91. The van der Waals surface area contributed by atoms with Crippen molar-refractivity contribution in [1.82, 2.24) is 0 Å². The van der Waals surface area contributed by atoms with Gasteiger partial charge >= 0.3 is 0 Å². The maximum absolute atomic E-state index is 14.2. The number of hydrogen-bond acceptors (Lipinski definition) is 4. The normalized spacial score (nSPS) is 11.2. The van der Waals surface area contributed by atoms with Crippen molar-refractivity contribution in [3.05, 3.63) is 111 Å². The number of amides is 1. The van der Waals surface area contributed by atoms with Crippen molar-refractivity contribution in [3.8, 4) is 11.5 Å². The number of anilines is 2. The first-order chi connectivity index (χ1) is 17.5. The van der Waals surface area contributed by atoms with Gasteiger partial charge in [0, 0.05) is 9.50 Å². The van der Waals surface area contributed by atoms with Crippen LogP contribution in [0.5, 0.6) is 11.5 Å². The first kappa shape index (κ1) is 26.9. The van der Waals surface area contributed by atoms with Crippen LogP contribution in [0.2, 0.25) is 10.0 Å². The number of nitrogens with one attached hydrogen (secondary N) is 2. The molecule has 0 heterocycles. The summed E-state index contributed by atoms with van der Waals surface area (Å²) >= 11 is 15.0. The van der Waals surface area contributed by atoms with Gasteiger partial charge in [-0.05, 0) is 66.7 Å². The number of ether oxygens (including phenoxy) is 1. The van der Waals surface area contributed by atoms with Gasteiger partial charge in [-0.3, -0.25) is 9.52 Å². The van der Waals surface area contributed by atoms with Crippen molar-refractivity contribution in [2.45, 2.75) is 4.90 Å². The lowest BCUT2D eigenvalue weighted by Gasteiger charge is -2.14. The van der Waals surface area contributed by atoms with Crippen LogP contribution >= 0.6 is 39.1 Å². The molecule has 12 heteroatoms. The molecule has 1 amide bonds. The second-order valence-corrected chi connectivity index (χ2v) is 10.9. The Balaban J connectivity index is 1.57. The molecule has 0 bridgehead atoms. The van der Waals surface area contributed by atoms with Gasteiger partial charge in [-0.25, -0.2) is 17.2 Å². The summed E-state index contributed by atoms with van der Waals surface area (Å²) in [5.41, 5.74) is -1.11. The molecule has 4 rings (SSSR count). The topological polar surface area (TPSA) is 84.5 Å². The Hall–Kier alpha value is -3.18. The van der Waals surface area contributed by atoms with E-state index in [9.17, 15) is 22.0 Å². The highest BCUT2D eigenvalue weighted by atomic mass is 79.9. The fourth-order valence-corrected chi connectivity index (χ4v) is 5.01. The van der Waals surface area contributed by atoms with Gasteiger partial charge in [0.15, 0.2) is 11.6 Å². The SMILES string of the molecule is O=C(Nc1c(F)cc(Br)cc1F)c1cc(Cl)ccc1NS(=O)(=O)c1ccc(Oc2ccccc2Cl)cc1. The van der Waals surface area contributed by atoms with Gasteiger partial charge in [0.1, 0.15) is 17.2 Å². The van der Waals surface area contributed by atoms with Gasteiger partial charge in [-0.15, -0.1) is 0 Å². The van der Waals surface area contributed by atoms with E-state index in [0.29, 0.717) is 16.5 Å². The van der Waals surface area contributed by atoms with Gasteiger partial charge in [0.2, 0.25) is 0 Å². The third-order valence-corrected chi connectivity index (χ3v) is 7.30. The molecule has 4 aromatic rings. The van der Waals surface area contributed by atoms with E-state index in [0.717, 1.165) is 12.1 Å². The van der Waals surface area contributed by atoms with Crippen LogP contribution in [-0.4, -0.2) is 14.3 Å². The summed E-state index contributed by atoms with van der Waals surface area (Å²) in [7, 11) is -4.18. The number of rotatable bonds is 7. The van der Waals surface area contributed by atoms with Crippen LogP contribution in [0.25, 0.3) is 0 Å². The summed E-state index contributed by atoms with van der Waals surface area (Å²) < 4.78 is 62.6. The fourth-order valence-electron chi connectivity index (χ4n) is 3.18. The summed E-state index contributed by atoms with van der Waals surface area (Å²) in [6.07, 6.45) is 0. The Morgan fingerprint density at radius 3 is 2.19 bits per heavy atom. The average molecular weight is 628 g/mol. The van der Waals surface area contributed by atoms with E-state index in [1.165, 1.54) is 42.5 Å². The monoisotopic (exact) mass is 626 g/mol.